The lowest BCUT2D eigenvalue weighted by Crippen LogP contribution is -2.41. The molecule has 1 saturated heterocycles. The average molecular weight is 307 g/mol. The smallest absolute Gasteiger partial charge is 0.193 e. The summed E-state index contributed by atoms with van der Waals surface area (Å²) in [5.74, 6) is 1.00. The Morgan fingerprint density at radius 3 is 2.86 bits per heavy atom. The Bertz CT molecular complexity index is 545. The SMILES string of the molecule is CN1CCCN=C1NCc1cnc(N2CCOCC2)c(F)c1. The predicted octanol–water partition coefficient (Wildman–Crippen LogP) is 0.838. The van der Waals surface area contributed by atoms with Crippen LogP contribution in [0.1, 0.15) is 12.0 Å². The Balaban J connectivity index is 1.63. The first kappa shape index (κ1) is 15.0. The molecule has 0 atom stereocenters. The molecule has 0 aromatic carbocycles. The first-order chi connectivity index (χ1) is 10.7. The third kappa shape index (κ3) is 3.47. The zero-order valence-corrected chi connectivity index (χ0v) is 12.9. The van der Waals surface area contributed by atoms with E-state index < -0.39 is 0 Å². The maximum atomic E-state index is 14.3. The highest BCUT2D eigenvalue weighted by atomic mass is 19.1. The molecule has 1 aromatic rings. The Morgan fingerprint density at radius 1 is 1.32 bits per heavy atom. The van der Waals surface area contributed by atoms with Gasteiger partial charge in [0.15, 0.2) is 17.6 Å². The number of morpholine rings is 1. The van der Waals surface area contributed by atoms with Gasteiger partial charge in [-0.2, -0.15) is 0 Å². The molecule has 0 saturated carbocycles. The molecule has 0 spiro atoms. The van der Waals surface area contributed by atoms with Crippen LogP contribution in [0.25, 0.3) is 0 Å². The summed E-state index contributed by atoms with van der Waals surface area (Å²) in [6.45, 7) is 4.97. The summed E-state index contributed by atoms with van der Waals surface area (Å²) in [5, 5.41) is 3.25. The number of aliphatic imine (C=N–C) groups is 1. The minimum atomic E-state index is -0.278. The fraction of sp³-hybridized carbons (Fsp3) is 0.600. The summed E-state index contributed by atoms with van der Waals surface area (Å²) in [5.41, 5.74) is 0.816. The number of ether oxygens (including phenoxy) is 1. The third-order valence-corrected chi connectivity index (χ3v) is 3.91. The Kier molecular flexibility index (Phi) is 4.72. The van der Waals surface area contributed by atoms with Gasteiger partial charge in [-0.3, -0.25) is 4.99 Å². The van der Waals surface area contributed by atoms with Gasteiger partial charge in [0.1, 0.15) is 0 Å². The van der Waals surface area contributed by atoms with E-state index in [0.717, 1.165) is 31.0 Å². The van der Waals surface area contributed by atoms with E-state index in [0.29, 0.717) is 38.7 Å². The van der Waals surface area contributed by atoms with Crippen molar-refractivity contribution in [3.05, 3.63) is 23.6 Å². The van der Waals surface area contributed by atoms with Gasteiger partial charge in [0, 0.05) is 46.0 Å². The van der Waals surface area contributed by atoms with Crippen LogP contribution in [0, 0.1) is 5.82 Å². The number of pyridine rings is 1. The average Bonchev–Trinajstić information content (AvgIpc) is 2.55. The molecule has 0 bridgehead atoms. The number of hydrogen-bond acceptors (Lipinski definition) is 6. The van der Waals surface area contributed by atoms with Crippen molar-refractivity contribution >= 4 is 11.8 Å². The second-order valence-corrected chi connectivity index (χ2v) is 5.58. The number of anilines is 1. The molecular formula is C15H22FN5O. The van der Waals surface area contributed by atoms with Crippen LogP contribution in [0.5, 0.6) is 0 Å². The molecule has 3 rings (SSSR count). The van der Waals surface area contributed by atoms with E-state index in [1.54, 1.807) is 12.3 Å². The van der Waals surface area contributed by atoms with Crippen molar-refractivity contribution in [1.82, 2.24) is 15.2 Å². The van der Waals surface area contributed by atoms with Crippen molar-refractivity contribution in [2.45, 2.75) is 13.0 Å². The first-order valence-corrected chi connectivity index (χ1v) is 7.70. The van der Waals surface area contributed by atoms with Crippen molar-refractivity contribution in [2.24, 2.45) is 4.99 Å². The van der Waals surface area contributed by atoms with E-state index >= 15 is 0 Å². The highest BCUT2D eigenvalue weighted by Crippen LogP contribution is 2.18. The van der Waals surface area contributed by atoms with Crippen molar-refractivity contribution < 1.29 is 9.13 Å². The molecule has 3 heterocycles. The van der Waals surface area contributed by atoms with Gasteiger partial charge in [-0.1, -0.05) is 0 Å². The standard InChI is InChI=1S/C15H22FN5O/c1-20-4-2-3-17-15(20)19-11-12-9-13(16)14(18-10-12)21-5-7-22-8-6-21/h9-10H,2-8,11H2,1H3,(H,17,19). The number of hydrogen-bond donors (Lipinski definition) is 1. The summed E-state index contributed by atoms with van der Waals surface area (Å²) in [6, 6.07) is 1.55. The van der Waals surface area contributed by atoms with E-state index in [1.807, 2.05) is 11.9 Å². The lowest BCUT2D eigenvalue weighted by atomic mass is 10.2. The van der Waals surface area contributed by atoms with Crippen LogP contribution in [0.2, 0.25) is 0 Å². The van der Waals surface area contributed by atoms with Crippen LogP contribution in [0.3, 0.4) is 0 Å². The molecule has 0 unspecified atom stereocenters. The van der Waals surface area contributed by atoms with Crippen molar-refractivity contribution in [2.75, 3.05) is 51.3 Å². The lowest BCUT2D eigenvalue weighted by molar-refractivity contribution is 0.122. The van der Waals surface area contributed by atoms with E-state index in [4.69, 9.17) is 4.74 Å². The number of nitrogens with zero attached hydrogens (tertiary/aromatic N) is 4. The van der Waals surface area contributed by atoms with Gasteiger partial charge < -0.3 is 19.9 Å². The Morgan fingerprint density at radius 2 is 2.14 bits per heavy atom. The van der Waals surface area contributed by atoms with Crippen LogP contribution < -0.4 is 10.2 Å². The molecule has 120 valence electrons. The topological polar surface area (TPSA) is 53.0 Å². The van der Waals surface area contributed by atoms with Gasteiger partial charge >= 0.3 is 0 Å². The summed E-state index contributed by atoms with van der Waals surface area (Å²) in [4.78, 5) is 12.7. The summed E-state index contributed by atoms with van der Waals surface area (Å²) in [7, 11) is 2.01. The highest BCUT2D eigenvalue weighted by Gasteiger charge is 2.17. The monoisotopic (exact) mass is 307 g/mol. The molecule has 2 aliphatic rings. The van der Waals surface area contributed by atoms with Crippen LogP contribution in [0.15, 0.2) is 17.3 Å². The van der Waals surface area contributed by atoms with Gasteiger partial charge in [0.05, 0.1) is 13.2 Å². The second-order valence-electron chi connectivity index (χ2n) is 5.58. The fourth-order valence-electron chi connectivity index (χ4n) is 2.67. The quantitative estimate of drug-likeness (QED) is 0.897. The molecule has 6 nitrogen and oxygen atoms in total. The Hall–Kier alpha value is -1.89. The largest absolute Gasteiger partial charge is 0.378 e. The minimum Gasteiger partial charge on any atom is -0.378 e. The highest BCUT2D eigenvalue weighted by molar-refractivity contribution is 5.80. The molecule has 1 fully saturated rings. The molecule has 22 heavy (non-hydrogen) atoms. The van der Waals surface area contributed by atoms with Crippen molar-refractivity contribution in [3.63, 3.8) is 0 Å². The molecular weight excluding hydrogens is 285 g/mol. The maximum absolute atomic E-state index is 14.3. The summed E-state index contributed by atoms with van der Waals surface area (Å²) < 4.78 is 19.5. The fourth-order valence-corrected chi connectivity index (χ4v) is 2.67. The lowest BCUT2D eigenvalue weighted by Gasteiger charge is -2.28. The van der Waals surface area contributed by atoms with E-state index in [9.17, 15) is 4.39 Å². The van der Waals surface area contributed by atoms with Gasteiger partial charge in [0.2, 0.25) is 0 Å². The van der Waals surface area contributed by atoms with E-state index in [-0.39, 0.29) is 5.82 Å². The molecule has 0 aliphatic carbocycles. The van der Waals surface area contributed by atoms with Gasteiger partial charge in [-0.25, -0.2) is 9.37 Å². The van der Waals surface area contributed by atoms with Crippen LogP contribution >= 0.6 is 0 Å². The van der Waals surface area contributed by atoms with Gasteiger partial charge in [-0.05, 0) is 18.1 Å². The van der Waals surface area contributed by atoms with Gasteiger partial charge in [0.25, 0.3) is 0 Å². The normalized spacial score (nSPS) is 19.1. The number of halogens is 1. The number of nitrogens with one attached hydrogen (secondary N) is 1. The van der Waals surface area contributed by atoms with Gasteiger partial charge in [-0.15, -0.1) is 0 Å². The van der Waals surface area contributed by atoms with Crippen LogP contribution in [-0.2, 0) is 11.3 Å². The summed E-state index contributed by atoms with van der Waals surface area (Å²) in [6.07, 6.45) is 2.80. The number of aromatic nitrogens is 1. The first-order valence-electron chi connectivity index (χ1n) is 7.70. The maximum Gasteiger partial charge on any atom is 0.193 e. The van der Waals surface area contributed by atoms with Crippen molar-refractivity contribution in [1.29, 1.82) is 0 Å². The molecule has 2 aliphatic heterocycles. The zero-order valence-electron chi connectivity index (χ0n) is 12.9. The zero-order chi connectivity index (χ0) is 15.4. The number of rotatable bonds is 3. The molecule has 1 N–H and O–H groups in total. The summed E-state index contributed by atoms with van der Waals surface area (Å²) >= 11 is 0. The van der Waals surface area contributed by atoms with E-state index in [2.05, 4.69) is 20.2 Å². The third-order valence-electron chi connectivity index (χ3n) is 3.91. The second kappa shape index (κ2) is 6.91. The van der Waals surface area contributed by atoms with E-state index in [1.165, 1.54) is 0 Å². The number of guanidine groups is 1. The predicted molar refractivity (Wildman–Crippen MR) is 83.6 cm³/mol. The molecule has 7 heteroatoms. The minimum absolute atomic E-state index is 0.278. The molecule has 0 radical (unpaired) electrons. The van der Waals surface area contributed by atoms with Crippen LogP contribution in [-0.4, -0.2) is 62.3 Å². The van der Waals surface area contributed by atoms with Crippen LogP contribution in [0.4, 0.5) is 10.2 Å². The molecule has 0 amide bonds. The van der Waals surface area contributed by atoms with Crippen molar-refractivity contribution in [3.8, 4) is 0 Å². The Labute approximate surface area is 130 Å². The molecule has 1 aromatic heterocycles.